The molecule has 0 bridgehead atoms. The Kier molecular flexibility index (Phi) is 3.70. The van der Waals surface area contributed by atoms with E-state index >= 15 is 0 Å². The second-order valence-corrected chi connectivity index (χ2v) is 4.59. The van der Waals surface area contributed by atoms with Gasteiger partial charge < -0.3 is 0 Å². The van der Waals surface area contributed by atoms with Crippen molar-refractivity contribution in [3.8, 4) is 0 Å². The van der Waals surface area contributed by atoms with Gasteiger partial charge in [0, 0.05) is 18.2 Å². The molecule has 2 rings (SSSR count). The fraction of sp³-hybridized carbons (Fsp3) is 0.167. The summed E-state index contributed by atoms with van der Waals surface area (Å²) in [5, 5.41) is 4.49. The number of nitrogens with zero attached hydrogens (tertiary/aromatic N) is 1. The summed E-state index contributed by atoms with van der Waals surface area (Å²) < 4.78 is 0. The molecule has 2 heterocycles. The molecule has 0 amide bonds. The average molecular weight is 252 g/mol. The Hall–Kier alpha value is -1.19. The Bertz CT molecular complexity index is 464. The molecule has 2 aromatic rings. The van der Waals surface area contributed by atoms with Crippen molar-refractivity contribution in [2.24, 2.45) is 0 Å². The Labute approximate surface area is 103 Å². The van der Waals surface area contributed by atoms with Gasteiger partial charge in [0.2, 0.25) is 0 Å². The zero-order valence-corrected chi connectivity index (χ0v) is 10.1. The van der Waals surface area contributed by atoms with E-state index in [1.807, 2.05) is 11.4 Å². The smallest absolute Gasteiger partial charge is 0.164 e. The topological polar surface area (TPSA) is 30.0 Å². The molecule has 0 radical (unpaired) electrons. The van der Waals surface area contributed by atoms with E-state index in [1.54, 1.807) is 23.5 Å². The molecule has 4 heteroatoms. The van der Waals surface area contributed by atoms with Gasteiger partial charge >= 0.3 is 0 Å². The lowest BCUT2D eigenvalue weighted by molar-refractivity contribution is 0.0982. The van der Waals surface area contributed by atoms with Gasteiger partial charge in [0.1, 0.15) is 5.15 Å². The Morgan fingerprint density at radius 3 is 2.88 bits per heavy atom. The molecule has 2 nitrogen and oxygen atoms in total. The first kappa shape index (κ1) is 11.3. The van der Waals surface area contributed by atoms with Crippen molar-refractivity contribution in [3.05, 3.63) is 51.4 Å². The lowest BCUT2D eigenvalue weighted by Crippen LogP contribution is -2.01. The molecule has 0 aromatic carbocycles. The van der Waals surface area contributed by atoms with Crippen LogP contribution in [-0.4, -0.2) is 10.8 Å². The van der Waals surface area contributed by atoms with Gasteiger partial charge in [0.15, 0.2) is 5.78 Å². The normalized spacial score (nSPS) is 10.3. The van der Waals surface area contributed by atoms with Gasteiger partial charge in [-0.15, -0.1) is 0 Å². The third-order valence-electron chi connectivity index (χ3n) is 2.27. The molecule has 0 saturated carbocycles. The highest BCUT2D eigenvalue weighted by Gasteiger charge is 2.06. The maximum Gasteiger partial charge on any atom is 0.164 e. The summed E-state index contributed by atoms with van der Waals surface area (Å²) in [7, 11) is 0. The van der Waals surface area contributed by atoms with Crippen LogP contribution in [0.2, 0.25) is 5.15 Å². The van der Waals surface area contributed by atoms with Crippen LogP contribution in [0, 0.1) is 0 Å². The van der Waals surface area contributed by atoms with Crippen LogP contribution in [0.5, 0.6) is 0 Å². The predicted octanol–water partition coefficient (Wildman–Crippen LogP) is 3.61. The molecule has 0 atom stereocenters. The predicted molar refractivity (Wildman–Crippen MR) is 66.2 cm³/mol. The van der Waals surface area contributed by atoms with E-state index in [4.69, 9.17) is 11.6 Å². The molecule has 2 aromatic heterocycles. The number of aromatic nitrogens is 1. The van der Waals surface area contributed by atoms with Crippen molar-refractivity contribution in [3.63, 3.8) is 0 Å². The molecule has 0 aliphatic heterocycles. The quantitative estimate of drug-likeness (QED) is 0.614. The fourth-order valence-corrected chi connectivity index (χ4v) is 2.19. The van der Waals surface area contributed by atoms with E-state index in [-0.39, 0.29) is 5.78 Å². The fourth-order valence-electron chi connectivity index (χ4n) is 1.38. The molecule has 0 aliphatic rings. The van der Waals surface area contributed by atoms with E-state index in [2.05, 4.69) is 10.4 Å². The molecular formula is C12H10ClNOS. The Balaban J connectivity index is 1.95. The highest BCUT2D eigenvalue weighted by atomic mass is 35.5. The number of pyridine rings is 1. The molecule has 0 saturated heterocycles. The highest BCUT2D eigenvalue weighted by Crippen LogP contribution is 2.12. The van der Waals surface area contributed by atoms with Crippen LogP contribution in [0.1, 0.15) is 22.3 Å². The monoisotopic (exact) mass is 251 g/mol. The van der Waals surface area contributed by atoms with E-state index in [1.165, 1.54) is 11.8 Å². The minimum atomic E-state index is 0.107. The van der Waals surface area contributed by atoms with Gasteiger partial charge in [0.25, 0.3) is 0 Å². The molecule has 82 valence electrons. The number of carbonyl (C=O) groups excluding carboxylic acids is 1. The SMILES string of the molecule is O=C(CCc1ccsc1)c1ccc(Cl)nc1. The van der Waals surface area contributed by atoms with Gasteiger partial charge in [-0.25, -0.2) is 4.98 Å². The molecule has 0 N–H and O–H groups in total. The molecule has 0 fully saturated rings. The minimum Gasteiger partial charge on any atom is -0.294 e. The summed E-state index contributed by atoms with van der Waals surface area (Å²) in [6, 6.07) is 5.39. The summed E-state index contributed by atoms with van der Waals surface area (Å²) >= 11 is 7.30. The van der Waals surface area contributed by atoms with Crippen molar-refractivity contribution in [1.29, 1.82) is 0 Å². The van der Waals surface area contributed by atoms with Gasteiger partial charge in [-0.3, -0.25) is 4.79 Å². The third-order valence-corrected chi connectivity index (χ3v) is 3.23. The Morgan fingerprint density at radius 2 is 2.25 bits per heavy atom. The van der Waals surface area contributed by atoms with E-state index in [0.29, 0.717) is 17.1 Å². The number of thiophene rings is 1. The second-order valence-electron chi connectivity index (χ2n) is 3.42. The van der Waals surface area contributed by atoms with Crippen LogP contribution in [-0.2, 0) is 6.42 Å². The molecule has 0 unspecified atom stereocenters. The van der Waals surface area contributed by atoms with Crippen LogP contribution < -0.4 is 0 Å². The third kappa shape index (κ3) is 2.90. The zero-order chi connectivity index (χ0) is 11.4. The summed E-state index contributed by atoms with van der Waals surface area (Å²) in [4.78, 5) is 15.7. The van der Waals surface area contributed by atoms with Crippen molar-refractivity contribution in [1.82, 2.24) is 4.98 Å². The summed E-state index contributed by atoms with van der Waals surface area (Å²) in [5.74, 6) is 0.107. The van der Waals surface area contributed by atoms with E-state index < -0.39 is 0 Å². The lowest BCUT2D eigenvalue weighted by atomic mass is 10.1. The van der Waals surface area contributed by atoms with Gasteiger partial charge in [0.05, 0.1) is 0 Å². The number of halogens is 1. The van der Waals surface area contributed by atoms with Crippen LogP contribution in [0.3, 0.4) is 0 Å². The van der Waals surface area contributed by atoms with Crippen molar-refractivity contribution >= 4 is 28.7 Å². The lowest BCUT2D eigenvalue weighted by Gasteiger charge is -1.99. The standard InChI is InChI=1S/C12H10ClNOS/c13-12-4-2-10(7-14-12)11(15)3-1-9-5-6-16-8-9/h2,4-8H,1,3H2. The summed E-state index contributed by atoms with van der Waals surface area (Å²) in [5.41, 5.74) is 1.83. The van der Waals surface area contributed by atoms with Crippen molar-refractivity contribution < 1.29 is 4.79 Å². The number of carbonyl (C=O) groups is 1. The molecular weight excluding hydrogens is 242 g/mol. The van der Waals surface area contributed by atoms with E-state index in [9.17, 15) is 4.79 Å². The number of ketones is 1. The first-order valence-corrected chi connectivity index (χ1v) is 6.23. The van der Waals surface area contributed by atoms with Gasteiger partial charge in [-0.1, -0.05) is 11.6 Å². The van der Waals surface area contributed by atoms with Crippen LogP contribution in [0.25, 0.3) is 0 Å². The van der Waals surface area contributed by atoms with E-state index in [0.717, 1.165) is 6.42 Å². The van der Waals surface area contributed by atoms with Gasteiger partial charge in [-0.2, -0.15) is 11.3 Å². The maximum atomic E-state index is 11.8. The highest BCUT2D eigenvalue weighted by molar-refractivity contribution is 7.07. The average Bonchev–Trinajstić information content (AvgIpc) is 2.80. The maximum absolute atomic E-state index is 11.8. The first-order valence-electron chi connectivity index (χ1n) is 4.91. The molecule has 0 spiro atoms. The van der Waals surface area contributed by atoms with Crippen molar-refractivity contribution in [2.45, 2.75) is 12.8 Å². The largest absolute Gasteiger partial charge is 0.294 e. The number of aryl methyl sites for hydroxylation is 1. The van der Waals surface area contributed by atoms with Crippen LogP contribution in [0.4, 0.5) is 0 Å². The number of Topliss-reactive ketones (excluding diaryl/α,β-unsaturated/α-hetero) is 1. The van der Waals surface area contributed by atoms with Crippen molar-refractivity contribution in [2.75, 3.05) is 0 Å². The number of rotatable bonds is 4. The van der Waals surface area contributed by atoms with Crippen LogP contribution in [0.15, 0.2) is 35.2 Å². The zero-order valence-electron chi connectivity index (χ0n) is 8.52. The van der Waals surface area contributed by atoms with Gasteiger partial charge in [-0.05, 0) is 40.9 Å². The number of hydrogen-bond acceptors (Lipinski definition) is 3. The van der Waals surface area contributed by atoms with Crippen LogP contribution >= 0.6 is 22.9 Å². The Morgan fingerprint density at radius 1 is 1.38 bits per heavy atom. The number of hydrogen-bond donors (Lipinski definition) is 0. The summed E-state index contributed by atoms with van der Waals surface area (Å²) in [6.07, 6.45) is 2.82. The molecule has 0 aliphatic carbocycles. The first-order chi connectivity index (χ1) is 7.75. The second kappa shape index (κ2) is 5.23. The minimum absolute atomic E-state index is 0.107. The molecule has 16 heavy (non-hydrogen) atoms. The summed E-state index contributed by atoms with van der Waals surface area (Å²) in [6.45, 7) is 0.